The molecule has 1 aliphatic heterocycles. The molecule has 6 nitrogen and oxygen atoms in total. The molecular formula is C17H29NO5. The lowest BCUT2D eigenvalue weighted by atomic mass is 10.1. The molecule has 0 aromatic heterocycles. The number of unbranched alkanes of at least 4 members (excludes halogenated alkanes) is 1. The lowest BCUT2D eigenvalue weighted by molar-refractivity contribution is -0.140. The van der Waals surface area contributed by atoms with Crippen LogP contribution in [0.2, 0.25) is 0 Å². The summed E-state index contributed by atoms with van der Waals surface area (Å²) in [7, 11) is 1.38. The van der Waals surface area contributed by atoms with E-state index in [1.807, 2.05) is 32.9 Å². The van der Waals surface area contributed by atoms with Crippen LogP contribution < -0.4 is 0 Å². The van der Waals surface area contributed by atoms with Crippen LogP contribution in [0.1, 0.15) is 52.9 Å². The topological polar surface area (TPSA) is 76.1 Å². The zero-order valence-corrected chi connectivity index (χ0v) is 14.6. The SMILES string of the molecule is COC(=O)CCC/C=C\CC1C(O)CCN1C(=O)OC(C)(C)C. The number of aliphatic hydroxyl groups excluding tert-OH is 1. The van der Waals surface area contributed by atoms with E-state index in [2.05, 4.69) is 4.74 Å². The first kappa shape index (κ1) is 19.5. The van der Waals surface area contributed by atoms with E-state index in [9.17, 15) is 14.7 Å². The summed E-state index contributed by atoms with van der Waals surface area (Å²) in [6.07, 6.45) is 6.07. The zero-order chi connectivity index (χ0) is 17.5. The van der Waals surface area contributed by atoms with Crippen LogP contribution in [0.3, 0.4) is 0 Å². The number of hydrogen-bond acceptors (Lipinski definition) is 5. The third-order valence-corrected chi connectivity index (χ3v) is 3.66. The van der Waals surface area contributed by atoms with E-state index < -0.39 is 11.7 Å². The van der Waals surface area contributed by atoms with Gasteiger partial charge >= 0.3 is 12.1 Å². The monoisotopic (exact) mass is 327 g/mol. The summed E-state index contributed by atoms with van der Waals surface area (Å²) in [6.45, 7) is 5.99. The Hall–Kier alpha value is -1.56. The first-order valence-corrected chi connectivity index (χ1v) is 8.14. The molecule has 0 aromatic rings. The molecule has 132 valence electrons. The van der Waals surface area contributed by atoms with Gasteiger partial charge in [-0.1, -0.05) is 12.2 Å². The van der Waals surface area contributed by atoms with Gasteiger partial charge < -0.3 is 19.5 Å². The average Bonchev–Trinajstić information content (AvgIpc) is 2.82. The number of carbonyl (C=O) groups is 2. The fraction of sp³-hybridized carbons (Fsp3) is 0.765. The molecule has 0 radical (unpaired) electrons. The predicted octanol–water partition coefficient (Wildman–Crippen LogP) is 2.65. The highest BCUT2D eigenvalue weighted by Gasteiger charge is 2.37. The predicted molar refractivity (Wildman–Crippen MR) is 87.0 cm³/mol. The molecule has 2 atom stereocenters. The Morgan fingerprint density at radius 2 is 2.00 bits per heavy atom. The van der Waals surface area contributed by atoms with E-state index >= 15 is 0 Å². The third kappa shape index (κ3) is 7.03. The van der Waals surface area contributed by atoms with E-state index in [4.69, 9.17) is 4.74 Å². The van der Waals surface area contributed by atoms with Gasteiger partial charge in [-0.2, -0.15) is 0 Å². The van der Waals surface area contributed by atoms with Crippen molar-refractivity contribution in [3.8, 4) is 0 Å². The number of hydrogen-bond donors (Lipinski definition) is 1. The van der Waals surface area contributed by atoms with Gasteiger partial charge in [0.15, 0.2) is 0 Å². The number of likely N-dealkylation sites (tertiary alicyclic amines) is 1. The molecule has 1 N–H and O–H groups in total. The largest absolute Gasteiger partial charge is 0.469 e. The summed E-state index contributed by atoms with van der Waals surface area (Å²) in [5, 5.41) is 10.1. The molecule has 6 heteroatoms. The van der Waals surface area contributed by atoms with Gasteiger partial charge in [-0.15, -0.1) is 0 Å². The molecular weight excluding hydrogens is 298 g/mol. The minimum atomic E-state index is -0.543. The summed E-state index contributed by atoms with van der Waals surface area (Å²) in [6, 6.07) is -0.248. The Labute approximate surface area is 138 Å². The van der Waals surface area contributed by atoms with Crippen LogP contribution >= 0.6 is 0 Å². The smallest absolute Gasteiger partial charge is 0.410 e. The second-order valence-electron chi connectivity index (χ2n) is 6.77. The van der Waals surface area contributed by atoms with Crippen LogP contribution in [-0.4, -0.2) is 53.5 Å². The molecule has 0 spiro atoms. The maximum Gasteiger partial charge on any atom is 0.410 e. The highest BCUT2D eigenvalue weighted by atomic mass is 16.6. The van der Waals surface area contributed by atoms with E-state index in [-0.39, 0.29) is 18.1 Å². The van der Waals surface area contributed by atoms with Gasteiger partial charge in [-0.25, -0.2) is 4.79 Å². The number of nitrogens with zero attached hydrogens (tertiary/aromatic N) is 1. The van der Waals surface area contributed by atoms with Gasteiger partial charge in [0, 0.05) is 13.0 Å². The number of allylic oxidation sites excluding steroid dienone is 1. The third-order valence-electron chi connectivity index (χ3n) is 3.66. The first-order chi connectivity index (χ1) is 10.7. The standard InChI is InChI=1S/C17H29NO5/c1-17(2,3)23-16(21)18-12-11-14(19)13(18)9-7-5-6-8-10-15(20)22-4/h5,7,13-14,19H,6,8-12H2,1-4H3/b7-5-. The normalized spacial score (nSPS) is 21.7. The molecule has 0 bridgehead atoms. The molecule has 1 amide bonds. The summed E-state index contributed by atoms with van der Waals surface area (Å²) in [5.74, 6) is -0.208. The number of carbonyl (C=O) groups excluding carboxylic acids is 2. The zero-order valence-electron chi connectivity index (χ0n) is 14.6. The quantitative estimate of drug-likeness (QED) is 0.461. The van der Waals surface area contributed by atoms with E-state index in [0.29, 0.717) is 25.8 Å². The molecule has 1 aliphatic rings. The van der Waals surface area contributed by atoms with Crippen molar-refractivity contribution in [3.05, 3.63) is 12.2 Å². The van der Waals surface area contributed by atoms with Crippen LogP contribution in [0, 0.1) is 0 Å². The molecule has 23 heavy (non-hydrogen) atoms. The Balaban J connectivity index is 2.43. The van der Waals surface area contributed by atoms with Crippen molar-refractivity contribution in [2.45, 2.75) is 70.6 Å². The summed E-state index contributed by atoms with van der Waals surface area (Å²) in [5.41, 5.74) is -0.543. The van der Waals surface area contributed by atoms with Gasteiger partial charge in [-0.05, 0) is 46.5 Å². The Bertz CT molecular complexity index is 427. The molecule has 0 aliphatic carbocycles. The molecule has 0 saturated carbocycles. The lowest BCUT2D eigenvalue weighted by Crippen LogP contribution is -2.42. The summed E-state index contributed by atoms with van der Waals surface area (Å²) in [4.78, 5) is 24.8. The van der Waals surface area contributed by atoms with Gasteiger partial charge in [0.25, 0.3) is 0 Å². The van der Waals surface area contributed by atoms with Crippen molar-refractivity contribution in [1.82, 2.24) is 4.90 Å². The van der Waals surface area contributed by atoms with E-state index in [1.54, 1.807) is 4.90 Å². The lowest BCUT2D eigenvalue weighted by Gasteiger charge is -2.29. The molecule has 1 fully saturated rings. The first-order valence-electron chi connectivity index (χ1n) is 8.14. The average molecular weight is 327 g/mol. The highest BCUT2D eigenvalue weighted by Crippen LogP contribution is 2.24. The van der Waals surface area contributed by atoms with E-state index in [0.717, 1.165) is 12.8 Å². The summed E-state index contributed by atoms with van der Waals surface area (Å²) >= 11 is 0. The van der Waals surface area contributed by atoms with Crippen molar-refractivity contribution < 1.29 is 24.2 Å². The molecule has 2 unspecified atom stereocenters. The van der Waals surface area contributed by atoms with Gasteiger partial charge in [0.05, 0.1) is 19.3 Å². The molecule has 1 saturated heterocycles. The van der Waals surface area contributed by atoms with Crippen LogP contribution in [0.4, 0.5) is 4.79 Å². The second kappa shape index (κ2) is 8.91. The van der Waals surface area contributed by atoms with Crippen LogP contribution in [0.5, 0.6) is 0 Å². The highest BCUT2D eigenvalue weighted by molar-refractivity contribution is 5.69. The van der Waals surface area contributed by atoms with Crippen molar-refractivity contribution >= 4 is 12.1 Å². The van der Waals surface area contributed by atoms with Gasteiger partial charge in [0.2, 0.25) is 0 Å². The Morgan fingerprint density at radius 1 is 1.30 bits per heavy atom. The number of ether oxygens (including phenoxy) is 2. The van der Waals surface area contributed by atoms with Crippen molar-refractivity contribution in [2.75, 3.05) is 13.7 Å². The van der Waals surface area contributed by atoms with Crippen molar-refractivity contribution in [2.24, 2.45) is 0 Å². The van der Waals surface area contributed by atoms with Crippen molar-refractivity contribution in [3.63, 3.8) is 0 Å². The molecule has 1 rings (SSSR count). The van der Waals surface area contributed by atoms with E-state index in [1.165, 1.54) is 7.11 Å². The Morgan fingerprint density at radius 3 is 2.61 bits per heavy atom. The minimum Gasteiger partial charge on any atom is -0.469 e. The number of amides is 1. The number of aliphatic hydroxyl groups is 1. The number of esters is 1. The second-order valence-corrected chi connectivity index (χ2v) is 6.77. The van der Waals surface area contributed by atoms with Crippen molar-refractivity contribution in [1.29, 1.82) is 0 Å². The fourth-order valence-corrected chi connectivity index (χ4v) is 2.49. The van der Waals surface area contributed by atoms with Crippen LogP contribution in [0.25, 0.3) is 0 Å². The Kier molecular flexibility index (Phi) is 7.55. The number of rotatable bonds is 6. The number of methoxy groups -OCH3 is 1. The van der Waals surface area contributed by atoms with Crippen LogP contribution in [-0.2, 0) is 14.3 Å². The van der Waals surface area contributed by atoms with Gasteiger partial charge in [-0.3, -0.25) is 4.79 Å². The summed E-state index contributed by atoms with van der Waals surface area (Å²) < 4.78 is 9.96. The minimum absolute atomic E-state index is 0.208. The fourth-order valence-electron chi connectivity index (χ4n) is 2.49. The van der Waals surface area contributed by atoms with Crippen LogP contribution in [0.15, 0.2) is 12.2 Å². The van der Waals surface area contributed by atoms with Gasteiger partial charge in [0.1, 0.15) is 5.60 Å². The maximum absolute atomic E-state index is 12.2. The maximum atomic E-state index is 12.2. The molecule has 0 aromatic carbocycles. The molecule has 1 heterocycles.